The standard InChI is InChI=1S/C14H26.C2H6O2/c1-3-5-7-9-11-13-14-12-10-8-6-4-2;3-1-2-4/h3,5,7H,1,4,6,8-14H2,2H3;3-4H,1-2H2/b7-5+;. The number of unbranched alkanes of at least 4 members (excludes halogenated alkanes) is 8. The van der Waals surface area contributed by atoms with E-state index in [-0.39, 0.29) is 13.2 Å². The summed E-state index contributed by atoms with van der Waals surface area (Å²) < 4.78 is 0. The van der Waals surface area contributed by atoms with Crippen LogP contribution in [0.2, 0.25) is 0 Å². The van der Waals surface area contributed by atoms with Crippen molar-refractivity contribution in [2.24, 2.45) is 0 Å². The third-order valence-electron chi connectivity index (χ3n) is 2.60. The van der Waals surface area contributed by atoms with E-state index < -0.39 is 0 Å². The van der Waals surface area contributed by atoms with Crippen LogP contribution >= 0.6 is 0 Å². The van der Waals surface area contributed by atoms with Crippen molar-refractivity contribution < 1.29 is 10.2 Å². The van der Waals surface area contributed by atoms with Crippen LogP contribution in [-0.4, -0.2) is 23.4 Å². The topological polar surface area (TPSA) is 40.5 Å². The Labute approximate surface area is 113 Å². The van der Waals surface area contributed by atoms with E-state index in [0.29, 0.717) is 0 Å². The number of aliphatic hydroxyl groups excluding tert-OH is 2. The van der Waals surface area contributed by atoms with Crippen LogP contribution in [0.1, 0.15) is 64.7 Å². The second kappa shape index (κ2) is 21.7. The molecule has 0 aliphatic heterocycles. The first-order chi connectivity index (χ1) is 8.83. The first-order valence-corrected chi connectivity index (χ1v) is 7.32. The Morgan fingerprint density at radius 2 is 1.33 bits per heavy atom. The zero-order chi connectivity index (χ0) is 13.9. The zero-order valence-corrected chi connectivity index (χ0v) is 12.1. The monoisotopic (exact) mass is 256 g/mol. The molecule has 0 unspecified atom stereocenters. The van der Waals surface area contributed by atoms with Crippen molar-refractivity contribution >= 4 is 0 Å². The lowest BCUT2D eigenvalue weighted by molar-refractivity contribution is 0.186. The summed E-state index contributed by atoms with van der Waals surface area (Å²) in [6, 6.07) is 0. The normalized spacial score (nSPS) is 10.2. The second-order valence-electron chi connectivity index (χ2n) is 4.37. The largest absolute Gasteiger partial charge is 0.394 e. The molecule has 0 aromatic carbocycles. The molecule has 0 aromatic rings. The van der Waals surface area contributed by atoms with E-state index in [1.807, 2.05) is 12.2 Å². The first kappa shape index (κ1) is 19.7. The van der Waals surface area contributed by atoms with Crippen molar-refractivity contribution in [1.82, 2.24) is 0 Å². The SMILES string of the molecule is C=C/C=C/CCCCCCCCCC.OCCO. The number of hydrogen-bond acceptors (Lipinski definition) is 2. The maximum Gasteiger partial charge on any atom is 0.0662 e. The molecule has 0 bridgehead atoms. The first-order valence-electron chi connectivity index (χ1n) is 7.32. The molecule has 0 radical (unpaired) electrons. The van der Waals surface area contributed by atoms with Crippen LogP contribution in [0.15, 0.2) is 24.8 Å². The summed E-state index contributed by atoms with van der Waals surface area (Å²) in [6.45, 7) is 5.67. The van der Waals surface area contributed by atoms with E-state index in [9.17, 15) is 0 Å². The molecule has 0 spiro atoms. The van der Waals surface area contributed by atoms with Crippen LogP contribution in [0.4, 0.5) is 0 Å². The molecule has 0 amide bonds. The van der Waals surface area contributed by atoms with Gasteiger partial charge in [-0.15, -0.1) is 0 Å². The minimum Gasteiger partial charge on any atom is -0.394 e. The van der Waals surface area contributed by atoms with Gasteiger partial charge in [0, 0.05) is 0 Å². The van der Waals surface area contributed by atoms with Crippen molar-refractivity contribution in [3.05, 3.63) is 24.8 Å². The van der Waals surface area contributed by atoms with Gasteiger partial charge in [-0.25, -0.2) is 0 Å². The Balaban J connectivity index is 0. The third-order valence-corrected chi connectivity index (χ3v) is 2.60. The predicted octanol–water partition coefficient (Wildman–Crippen LogP) is 4.23. The highest BCUT2D eigenvalue weighted by molar-refractivity contribution is 4.96. The summed E-state index contributed by atoms with van der Waals surface area (Å²) >= 11 is 0. The van der Waals surface area contributed by atoms with Crippen molar-refractivity contribution in [1.29, 1.82) is 0 Å². The van der Waals surface area contributed by atoms with Crippen LogP contribution in [-0.2, 0) is 0 Å². The molecule has 108 valence electrons. The quantitative estimate of drug-likeness (QED) is 0.429. The van der Waals surface area contributed by atoms with Gasteiger partial charge in [-0.05, 0) is 12.8 Å². The van der Waals surface area contributed by atoms with E-state index in [1.54, 1.807) is 0 Å². The molecule has 0 saturated heterocycles. The molecule has 0 saturated carbocycles. The highest BCUT2D eigenvalue weighted by Crippen LogP contribution is 2.09. The maximum absolute atomic E-state index is 7.62. The number of allylic oxidation sites excluding steroid dienone is 3. The molecule has 2 N–H and O–H groups in total. The van der Waals surface area contributed by atoms with Gasteiger partial charge in [0.25, 0.3) is 0 Å². The highest BCUT2D eigenvalue weighted by Gasteiger charge is 1.89. The van der Waals surface area contributed by atoms with Gasteiger partial charge in [-0.1, -0.05) is 76.7 Å². The average Bonchev–Trinajstić information content (AvgIpc) is 2.41. The van der Waals surface area contributed by atoms with Crippen LogP contribution in [0, 0.1) is 0 Å². The highest BCUT2D eigenvalue weighted by atomic mass is 16.3. The van der Waals surface area contributed by atoms with Crippen LogP contribution in [0.5, 0.6) is 0 Å². The molecule has 0 aliphatic rings. The summed E-state index contributed by atoms with van der Waals surface area (Å²) in [5.41, 5.74) is 0. The van der Waals surface area contributed by atoms with E-state index >= 15 is 0 Å². The van der Waals surface area contributed by atoms with Crippen molar-refractivity contribution in [3.63, 3.8) is 0 Å². The number of hydrogen-bond donors (Lipinski definition) is 2. The zero-order valence-electron chi connectivity index (χ0n) is 12.1. The number of aliphatic hydroxyl groups is 2. The van der Waals surface area contributed by atoms with Gasteiger partial charge in [0.2, 0.25) is 0 Å². The van der Waals surface area contributed by atoms with Gasteiger partial charge in [0.15, 0.2) is 0 Å². The Hall–Kier alpha value is -0.600. The maximum atomic E-state index is 7.62. The minimum absolute atomic E-state index is 0.125. The summed E-state index contributed by atoms with van der Waals surface area (Å²) in [6.07, 6.45) is 18.6. The molecule has 0 heterocycles. The average molecular weight is 256 g/mol. The van der Waals surface area contributed by atoms with Crippen LogP contribution in [0.3, 0.4) is 0 Å². The Bertz CT molecular complexity index is 162. The Morgan fingerprint density at radius 1 is 0.833 bits per heavy atom. The lowest BCUT2D eigenvalue weighted by Gasteiger charge is -1.99. The smallest absolute Gasteiger partial charge is 0.0662 e. The Kier molecular flexibility index (Phi) is 23.7. The lowest BCUT2D eigenvalue weighted by Crippen LogP contribution is -1.85. The molecule has 0 atom stereocenters. The van der Waals surface area contributed by atoms with E-state index in [2.05, 4.69) is 19.6 Å². The van der Waals surface area contributed by atoms with Gasteiger partial charge < -0.3 is 10.2 Å². The lowest BCUT2D eigenvalue weighted by atomic mass is 10.1. The summed E-state index contributed by atoms with van der Waals surface area (Å²) in [4.78, 5) is 0. The molecule has 2 nitrogen and oxygen atoms in total. The fraction of sp³-hybridized carbons (Fsp3) is 0.750. The predicted molar refractivity (Wildman–Crippen MR) is 80.7 cm³/mol. The third kappa shape index (κ3) is 24.6. The van der Waals surface area contributed by atoms with Gasteiger partial charge >= 0.3 is 0 Å². The molecule has 0 rings (SSSR count). The fourth-order valence-electron chi connectivity index (χ4n) is 1.59. The fourth-order valence-corrected chi connectivity index (χ4v) is 1.59. The van der Waals surface area contributed by atoms with E-state index in [1.165, 1.54) is 57.8 Å². The van der Waals surface area contributed by atoms with E-state index in [4.69, 9.17) is 10.2 Å². The molecular weight excluding hydrogens is 224 g/mol. The molecule has 0 aromatic heterocycles. The van der Waals surface area contributed by atoms with Gasteiger partial charge in [0.05, 0.1) is 13.2 Å². The van der Waals surface area contributed by atoms with Crippen molar-refractivity contribution in [2.45, 2.75) is 64.7 Å². The molecule has 0 fully saturated rings. The van der Waals surface area contributed by atoms with Crippen molar-refractivity contribution in [2.75, 3.05) is 13.2 Å². The molecule has 0 aliphatic carbocycles. The van der Waals surface area contributed by atoms with Crippen LogP contribution in [0.25, 0.3) is 0 Å². The van der Waals surface area contributed by atoms with E-state index in [0.717, 1.165) is 0 Å². The minimum atomic E-state index is -0.125. The van der Waals surface area contributed by atoms with Crippen molar-refractivity contribution in [3.8, 4) is 0 Å². The Morgan fingerprint density at radius 3 is 1.78 bits per heavy atom. The number of rotatable bonds is 11. The second-order valence-corrected chi connectivity index (χ2v) is 4.37. The molecule has 18 heavy (non-hydrogen) atoms. The van der Waals surface area contributed by atoms with Crippen LogP contribution < -0.4 is 0 Å². The summed E-state index contributed by atoms with van der Waals surface area (Å²) in [5.74, 6) is 0. The molecular formula is C16H32O2. The molecule has 2 heteroatoms. The summed E-state index contributed by atoms with van der Waals surface area (Å²) in [7, 11) is 0. The van der Waals surface area contributed by atoms with Gasteiger partial charge in [-0.3, -0.25) is 0 Å². The summed E-state index contributed by atoms with van der Waals surface area (Å²) in [5, 5.41) is 15.2. The van der Waals surface area contributed by atoms with Gasteiger partial charge in [0.1, 0.15) is 0 Å². The van der Waals surface area contributed by atoms with Gasteiger partial charge in [-0.2, -0.15) is 0 Å².